The molecular weight excluding hydrogens is 286 g/mol. The molecule has 0 aliphatic heterocycles. The van der Waals surface area contributed by atoms with Crippen molar-refractivity contribution in [1.82, 2.24) is 9.55 Å². The van der Waals surface area contributed by atoms with Gasteiger partial charge in [-0.25, -0.2) is 4.98 Å². The van der Waals surface area contributed by atoms with Crippen LogP contribution in [0, 0.1) is 6.92 Å². The fourth-order valence-corrected chi connectivity index (χ4v) is 2.81. The van der Waals surface area contributed by atoms with Crippen molar-refractivity contribution in [2.45, 2.75) is 13.5 Å². The van der Waals surface area contributed by atoms with Crippen LogP contribution in [0.2, 0.25) is 0 Å². The Balaban J connectivity index is 1.89. The van der Waals surface area contributed by atoms with Crippen LogP contribution in [-0.2, 0) is 6.54 Å². The number of hydrogen-bond acceptors (Lipinski definition) is 3. The summed E-state index contributed by atoms with van der Waals surface area (Å²) in [5.41, 5.74) is 12.0. The molecule has 4 rings (SSSR count). The Morgan fingerprint density at radius 1 is 1.04 bits per heavy atom. The van der Waals surface area contributed by atoms with Gasteiger partial charge in [-0.15, -0.1) is 0 Å². The minimum absolute atomic E-state index is 0.602. The van der Waals surface area contributed by atoms with Crippen LogP contribution in [0.3, 0.4) is 0 Å². The molecule has 23 heavy (non-hydrogen) atoms. The molecule has 4 nitrogen and oxygen atoms in total. The summed E-state index contributed by atoms with van der Waals surface area (Å²) in [6.45, 7) is 2.83. The normalized spacial score (nSPS) is 11.2. The Bertz CT molecular complexity index is 964. The third kappa shape index (κ3) is 2.38. The maximum atomic E-state index is 6.03. The van der Waals surface area contributed by atoms with Gasteiger partial charge in [-0.1, -0.05) is 42.0 Å². The number of para-hydroxylation sites is 2. The molecule has 0 bridgehead atoms. The van der Waals surface area contributed by atoms with E-state index < -0.39 is 0 Å². The SMILES string of the molecule is Cc1ccc(Cn2c(-c3cocc3N)nc3ccccc32)cc1. The van der Waals surface area contributed by atoms with Crippen molar-refractivity contribution in [2.24, 2.45) is 0 Å². The Morgan fingerprint density at radius 3 is 2.57 bits per heavy atom. The quantitative estimate of drug-likeness (QED) is 0.616. The predicted molar refractivity (Wildman–Crippen MR) is 92.1 cm³/mol. The van der Waals surface area contributed by atoms with Gasteiger partial charge in [0.1, 0.15) is 18.4 Å². The van der Waals surface area contributed by atoms with Crippen LogP contribution >= 0.6 is 0 Å². The van der Waals surface area contributed by atoms with E-state index in [2.05, 4.69) is 41.8 Å². The summed E-state index contributed by atoms with van der Waals surface area (Å²) in [5, 5.41) is 0. The van der Waals surface area contributed by atoms with Gasteiger partial charge in [0.15, 0.2) is 0 Å². The van der Waals surface area contributed by atoms with Crippen LogP contribution in [0.5, 0.6) is 0 Å². The zero-order valence-corrected chi connectivity index (χ0v) is 12.9. The Kier molecular flexibility index (Phi) is 3.15. The first-order valence-electron chi connectivity index (χ1n) is 7.55. The third-order valence-corrected chi connectivity index (χ3v) is 4.05. The number of aromatic nitrogens is 2. The average Bonchev–Trinajstić information content (AvgIpc) is 3.13. The van der Waals surface area contributed by atoms with Crippen molar-refractivity contribution >= 4 is 16.7 Å². The molecule has 0 radical (unpaired) electrons. The monoisotopic (exact) mass is 303 g/mol. The van der Waals surface area contributed by atoms with Gasteiger partial charge in [0.25, 0.3) is 0 Å². The molecule has 4 heteroatoms. The second-order valence-electron chi connectivity index (χ2n) is 5.74. The number of anilines is 1. The number of aryl methyl sites for hydroxylation is 1. The zero-order valence-electron chi connectivity index (χ0n) is 12.9. The van der Waals surface area contributed by atoms with Crippen molar-refractivity contribution in [1.29, 1.82) is 0 Å². The van der Waals surface area contributed by atoms with Gasteiger partial charge in [-0.2, -0.15) is 0 Å². The topological polar surface area (TPSA) is 57.0 Å². The van der Waals surface area contributed by atoms with Crippen molar-refractivity contribution < 1.29 is 4.42 Å². The number of fused-ring (bicyclic) bond motifs is 1. The molecule has 2 N–H and O–H groups in total. The maximum Gasteiger partial charge on any atom is 0.146 e. The van der Waals surface area contributed by atoms with E-state index in [1.54, 1.807) is 12.5 Å². The first kappa shape index (κ1) is 13.6. The van der Waals surface area contributed by atoms with E-state index in [0.29, 0.717) is 5.69 Å². The highest BCUT2D eigenvalue weighted by Gasteiger charge is 2.16. The molecule has 0 aliphatic carbocycles. The van der Waals surface area contributed by atoms with Crippen molar-refractivity contribution in [3.8, 4) is 11.4 Å². The molecular formula is C19H17N3O. The molecule has 0 saturated heterocycles. The predicted octanol–water partition coefficient (Wildman–Crippen LogP) is 4.24. The lowest BCUT2D eigenvalue weighted by atomic mass is 10.1. The van der Waals surface area contributed by atoms with Crippen LogP contribution < -0.4 is 5.73 Å². The van der Waals surface area contributed by atoms with E-state index >= 15 is 0 Å². The summed E-state index contributed by atoms with van der Waals surface area (Å²) in [7, 11) is 0. The van der Waals surface area contributed by atoms with E-state index in [4.69, 9.17) is 15.1 Å². The van der Waals surface area contributed by atoms with Gasteiger partial charge in [0.2, 0.25) is 0 Å². The molecule has 0 fully saturated rings. The minimum atomic E-state index is 0.602. The summed E-state index contributed by atoms with van der Waals surface area (Å²) in [6, 6.07) is 16.7. The number of nitrogens with zero attached hydrogens (tertiary/aromatic N) is 2. The Morgan fingerprint density at radius 2 is 1.83 bits per heavy atom. The van der Waals surface area contributed by atoms with Crippen LogP contribution in [0.4, 0.5) is 5.69 Å². The highest BCUT2D eigenvalue weighted by atomic mass is 16.3. The number of benzene rings is 2. The summed E-state index contributed by atoms with van der Waals surface area (Å²) >= 11 is 0. The molecule has 4 aromatic rings. The number of imidazole rings is 1. The number of nitrogen functional groups attached to an aromatic ring is 1. The van der Waals surface area contributed by atoms with E-state index in [9.17, 15) is 0 Å². The van der Waals surface area contributed by atoms with E-state index in [0.717, 1.165) is 29.0 Å². The largest absolute Gasteiger partial charge is 0.470 e. The standard InChI is InChI=1S/C19H17N3O/c1-13-6-8-14(9-7-13)10-22-18-5-3-2-4-17(18)21-19(22)15-11-23-12-16(15)20/h2-9,11-12H,10,20H2,1H3. The van der Waals surface area contributed by atoms with Crippen LogP contribution in [0.15, 0.2) is 65.5 Å². The lowest BCUT2D eigenvalue weighted by Crippen LogP contribution is -2.02. The van der Waals surface area contributed by atoms with Gasteiger partial charge in [0, 0.05) is 6.54 Å². The average molecular weight is 303 g/mol. The van der Waals surface area contributed by atoms with Gasteiger partial charge in [-0.05, 0) is 24.6 Å². The maximum absolute atomic E-state index is 6.03. The smallest absolute Gasteiger partial charge is 0.146 e. The molecule has 0 spiro atoms. The summed E-state index contributed by atoms with van der Waals surface area (Å²) in [4.78, 5) is 4.75. The fourth-order valence-electron chi connectivity index (χ4n) is 2.81. The number of nitrogens with two attached hydrogens (primary N) is 1. The fraction of sp³-hybridized carbons (Fsp3) is 0.105. The number of hydrogen-bond donors (Lipinski definition) is 1. The molecule has 2 aromatic heterocycles. The van der Waals surface area contributed by atoms with E-state index in [1.165, 1.54) is 11.1 Å². The second kappa shape index (κ2) is 5.32. The summed E-state index contributed by atoms with van der Waals surface area (Å²) in [6.07, 6.45) is 3.20. The number of furan rings is 1. The van der Waals surface area contributed by atoms with Crippen molar-refractivity contribution in [3.63, 3.8) is 0 Å². The summed E-state index contributed by atoms with van der Waals surface area (Å²) in [5.74, 6) is 0.832. The lowest BCUT2D eigenvalue weighted by molar-refractivity contribution is 0.568. The Labute approximate surface area is 134 Å². The molecule has 0 aliphatic rings. The molecule has 2 heterocycles. The Hall–Kier alpha value is -3.01. The zero-order chi connectivity index (χ0) is 15.8. The molecule has 0 unspecified atom stereocenters. The molecule has 0 atom stereocenters. The van der Waals surface area contributed by atoms with Gasteiger partial charge >= 0.3 is 0 Å². The molecule has 114 valence electrons. The first-order chi connectivity index (χ1) is 11.2. The first-order valence-corrected chi connectivity index (χ1v) is 7.55. The van der Waals surface area contributed by atoms with E-state index in [-0.39, 0.29) is 0 Å². The second-order valence-corrected chi connectivity index (χ2v) is 5.74. The lowest BCUT2D eigenvalue weighted by Gasteiger charge is -2.09. The van der Waals surface area contributed by atoms with E-state index in [1.807, 2.05) is 18.2 Å². The van der Waals surface area contributed by atoms with Crippen molar-refractivity contribution in [2.75, 3.05) is 5.73 Å². The minimum Gasteiger partial charge on any atom is -0.470 e. The molecule has 0 saturated carbocycles. The van der Waals surface area contributed by atoms with Gasteiger partial charge in [-0.3, -0.25) is 0 Å². The highest BCUT2D eigenvalue weighted by molar-refractivity contribution is 5.83. The van der Waals surface area contributed by atoms with Crippen LogP contribution in [0.1, 0.15) is 11.1 Å². The third-order valence-electron chi connectivity index (χ3n) is 4.05. The molecule has 2 aromatic carbocycles. The number of rotatable bonds is 3. The van der Waals surface area contributed by atoms with Crippen molar-refractivity contribution in [3.05, 3.63) is 72.2 Å². The summed E-state index contributed by atoms with van der Waals surface area (Å²) < 4.78 is 7.42. The van der Waals surface area contributed by atoms with Gasteiger partial charge in [0.05, 0.1) is 22.3 Å². The van der Waals surface area contributed by atoms with Crippen LogP contribution in [0.25, 0.3) is 22.4 Å². The van der Waals surface area contributed by atoms with Gasteiger partial charge < -0.3 is 14.7 Å². The highest BCUT2D eigenvalue weighted by Crippen LogP contribution is 2.30. The van der Waals surface area contributed by atoms with Crippen LogP contribution in [-0.4, -0.2) is 9.55 Å². The molecule has 0 amide bonds.